The van der Waals surface area contributed by atoms with E-state index >= 15 is 0 Å². The topological polar surface area (TPSA) is 102 Å². The lowest BCUT2D eigenvalue weighted by molar-refractivity contribution is -0.384. The third-order valence-electron chi connectivity index (χ3n) is 4.34. The summed E-state index contributed by atoms with van der Waals surface area (Å²) in [4.78, 5) is 23.2. The van der Waals surface area contributed by atoms with Crippen molar-refractivity contribution in [3.05, 3.63) is 51.3 Å². The molecule has 0 radical (unpaired) electrons. The van der Waals surface area contributed by atoms with Crippen molar-refractivity contribution in [2.24, 2.45) is 0 Å². The number of amides is 1. The lowest BCUT2D eigenvalue weighted by Gasteiger charge is -2.19. The summed E-state index contributed by atoms with van der Waals surface area (Å²) in [6.07, 6.45) is 1.96. The second kappa shape index (κ2) is 8.00. The molecule has 1 aromatic carbocycles. The van der Waals surface area contributed by atoms with E-state index in [9.17, 15) is 14.9 Å². The zero-order valence-corrected chi connectivity index (χ0v) is 17.5. The molecule has 0 fully saturated rings. The molecule has 8 nitrogen and oxygen atoms in total. The van der Waals surface area contributed by atoms with Gasteiger partial charge in [0.2, 0.25) is 0 Å². The quantitative estimate of drug-likeness (QED) is 0.572. The summed E-state index contributed by atoms with van der Waals surface area (Å²) in [6, 6.07) is 4.23. The zero-order valence-electron chi connectivity index (χ0n) is 17.5. The number of hydrogen-bond acceptors (Lipinski definition) is 5. The summed E-state index contributed by atoms with van der Waals surface area (Å²) in [5.41, 5.74) is 2.16. The number of nitrogens with one attached hydrogen (secondary N) is 2. The number of anilines is 1. The molecule has 0 bridgehead atoms. The number of nitrogens with zero attached hydrogens (tertiary/aromatic N) is 3. The molecule has 2 aromatic rings. The van der Waals surface area contributed by atoms with Gasteiger partial charge in [-0.1, -0.05) is 0 Å². The molecule has 1 atom stereocenters. The highest BCUT2D eigenvalue weighted by atomic mass is 16.6. The van der Waals surface area contributed by atoms with Crippen LogP contribution in [0.25, 0.3) is 0 Å². The fourth-order valence-corrected chi connectivity index (χ4v) is 2.84. The maximum atomic E-state index is 12.2. The van der Waals surface area contributed by atoms with Gasteiger partial charge >= 0.3 is 0 Å². The highest BCUT2D eigenvalue weighted by molar-refractivity contribution is 5.95. The first-order valence-electron chi connectivity index (χ1n) is 9.32. The van der Waals surface area contributed by atoms with Gasteiger partial charge in [0, 0.05) is 29.4 Å². The Bertz CT molecular complexity index is 880. The summed E-state index contributed by atoms with van der Waals surface area (Å²) < 4.78 is 1.89. The molecule has 0 aliphatic heterocycles. The standard InChI is InChI=1S/C20H29N5O3/c1-12(2)21-19(26)15-8-9-17(18(10-15)25(27)28)22-13(3)16-11-24(20(5,6)7)23-14(16)4/h8-13,22H,1-7H3,(H,21,26). The van der Waals surface area contributed by atoms with Gasteiger partial charge < -0.3 is 10.6 Å². The molecule has 0 saturated carbocycles. The van der Waals surface area contributed by atoms with Crippen molar-refractivity contribution in [2.75, 3.05) is 5.32 Å². The number of carbonyl (C=O) groups is 1. The molecule has 1 aromatic heterocycles. The Labute approximate surface area is 165 Å². The summed E-state index contributed by atoms with van der Waals surface area (Å²) in [6.45, 7) is 13.7. The second-order valence-corrected chi connectivity index (χ2v) is 8.27. The van der Waals surface area contributed by atoms with Crippen LogP contribution in [-0.2, 0) is 5.54 Å². The first-order chi connectivity index (χ1) is 12.9. The Morgan fingerprint density at radius 1 is 1.25 bits per heavy atom. The van der Waals surface area contributed by atoms with Crippen LogP contribution in [0, 0.1) is 17.0 Å². The van der Waals surface area contributed by atoms with Gasteiger partial charge in [-0.15, -0.1) is 0 Å². The van der Waals surface area contributed by atoms with Crippen molar-refractivity contribution < 1.29 is 9.72 Å². The summed E-state index contributed by atoms with van der Waals surface area (Å²) in [5.74, 6) is -0.333. The molecule has 1 heterocycles. The Morgan fingerprint density at radius 3 is 2.39 bits per heavy atom. The SMILES string of the molecule is Cc1nn(C(C)(C)C)cc1C(C)Nc1ccc(C(=O)NC(C)C)cc1[N+](=O)[O-]. The third-order valence-corrected chi connectivity index (χ3v) is 4.34. The number of rotatable bonds is 6. The zero-order chi connectivity index (χ0) is 21.2. The van der Waals surface area contributed by atoms with Gasteiger partial charge in [0.05, 0.1) is 22.2 Å². The number of carbonyl (C=O) groups excluding carboxylic acids is 1. The van der Waals surface area contributed by atoms with E-state index in [4.69, 9.17) is 0 Å². The predicted molar refractivity (Wildman–Crippen MR) is 110 cm³/mol. The van der Waals surface area contributed by atoms with Gasteiger partial charge in [0.15, 0.2) is 0 Å². The molecule has 2 N–H and O–H groups in total. The average molecular weight is 387 g/mol. The predicted octanol–water partition coefficient (Wildman–Crippen LogP) is 4.17. The number of aromatic nitrogens is 2. The largest absolute Gasteiger partial charge is 0.373 e. The van der Waals surface area contributed by atoms with E-state index in [-0.39, 0.29) is 34.8 Å². The minimum atomic E-state index is -0.480. The van der Waals surface area contributed by atoms with Crippen molar-refractivity contribution in [2.45, 2.75) is 66.1 Å². The molecule has 28 heavy (non-hydrogen) atoms. The monoisotopic (exact) mass is 387 g/mol. The fourth-order valence-electron chi connectivity index (χ4n) is 2.84. The highest BCUT2D eigenvalue weighted by Gasteiger charge is 2.23. The Hall–Kier alpha value is -2.90. The molecule has 0 aliphatic rings. The van der Waals surface area contributed by atoms with Gasteiger partial charge in [-0.25, -0.2) is 0 Å². The van der Waals surface area contributed by atoms with E-state index in [1.165, 1.54) is 6.07 Å². The lowest BCUT2D eigenvalue weighted by atomic mass is 10.1. The van der Waals surface area contributed by atoms with E-state index < -0.39 is 4.92 Å². The number of nitro benzene ring substituents is 1. The Balaban J connectivity index is 2.31. The van der Waals surface area contributed by atoms with E-state index in [0.29, 0.717) is 5.69 Å². The first kappa shape index (κ1) is 21.4. The third kappa shape index (κ3) is 4.88. The van der Waals surface area contributed by atoms with Crippen molar-refractivity contribution >= 4 is 17.3 Å². The Morgan fingerprint density at radius 2 is 1.89 bits per heavy atom. The number of hydrogen-bond donors (Lipinski definition) is 2. The number of benzene rings is 1. The van der Waals surface area contributed by atoms with Gasteiger partial charge in [0.25, 0.3) is 11.6 Å². The molecule has 152 valence electrons. The van der Waals surface area contributed by atoms with Crippen molar-refractivity contribution in [1.29, 1.82) is 0 Å². The van der Waals surface area contributed by atoms with Crippen LogP contribution in [-0.4, -0.2) is 26.7 Å². The van der Waals surface area contributed by atoms with E-state index in [1.54, 1.807) is 12.1 Å². The first-order valence-corrected chi connectivity index (χ1v) is 9.32. The van der Waals surface area contributed by atoms with Crippen molar-refractivity contribution in [3.63, 3.8) is 0 Å². The summed E-state index contributed by atoms with van der Waals surface area (Å²) >= 11 is 0. The average Bonchev–Trinajstić information content (AvgIpc) is 2.96. The van der Waals surface area contributed by atoms with E-state index in [2.05, 4.69) is 36.5 Å². The molecule has 0 aliphatic carbocycles. The van der Waals surface area contributed by atoms with E-state index in [0.717, 1.165) is 11.3 Å². The Kier molecular flexibility index (Phi) is 6.11. The van der Waals surface area contributed by atoms with Gasteiger partial charge in [-0.05, 0) is 60.6 Å². The fraction of sp³-hybridized carbons (Fsp3) is 0.500. The van der Waals surface area contributed by atoms with Crippen LogP contribution in [0.15, 0.2) is 24.4 Å². The van der Waals surface area contributed by atoms with Crippen LogP contribution in [0.1, 0.15) is 69.2 Å². The molecular weight excluding hydrogens is 358 g/mol. The molecular formula is C20H29N5O3. The molecule has 1 unspecified atom stereocenters. The van der Waals surface area contributed by atoms with Crippen LogP contribution in [0.3, 0.4) is 0 Å². The minimum Gasteiger partial charge on any atom is -0.373 e. The van der Waals surface area contributed by atoms with Crippen molar-refractivity contribution in [3.8, 4) is 0 Å². The van der Waals surface area contributed by atoms with E-state index in [1.807, 2.05) is 38.6 Å². The highest BCUT2D eigenvalue weighted by Crippen LogP contribution is 2.30. The second-order valence-electron chi connectivity index (χ2n) is 8.27. The molecule has 1 amide bonds. The summed E-state index contributed by atoms with van der Waals surface area (Å²) in [5, 5.41) is 22.1. The van der Waals surface area contributed by atoms with Crippen LogP contribution >= 0.6 is 0 Å². The minimum absolute atomic E-state index is 0.0493. The number of aryl methyl sites for hydroxylation is 1. The van der Waals surface area contributed by atoms with Crippen LogP contribution in [0.2, 0.25) is 0 Å². The molecule has 2 rings (SSSR count). The maximum Gasteiger partial charge on any atom is 0.293 e. The molecule has 8 heteroatoms. The van der Waals surface area contributed by atoms with Gasteiger partial charge in [-0.2, -0.15) is 5.10 Å². The van der Waals surface area contributed by atoms with Crippen molar-refractivity contribution in [1.82, 2.24) is 15.1 Å². The normalized spacial score (nSPS) is 12.7. The molecule has 0 spiro atoms. The lowest BCUT2D eigenvalue weighted by Crippen LogP contribution is -2.30. The number of nitro groups is 1. The molecule has 0 saturated heterocycles. The maximum absolute atomic E-state index is 12.2. The smallest absolute Gasteiger partial charge is 0.293 e. The summed E-state index contributed by atoms with van der Waals surface area (Å²) in [7, 11) is 0. The van der Waals surface area contributed by atoms with Crippen LogP contribution in [0.4, 0.5) is 11.4 Å². The van der Waals surface area contributed by atoms with Gasteiger partial charge in [0.1, 0.15) is 5.69 Å². The van der Waals surface area contributed by atoms with Crippen LogP contribution < -0.4 is 10.6 Å². The van der Waals surface area contributed by atoms with Gasteiger partial charge in [-0.3, -0.25) is 19.6 Å². The van der Waals surface area contributed by atoms with Crippen LogP contribution in [0.5, 0.6) is 0 Å².